The molecule has 8 heteroatoms. The summed E-state index contributed by atoms with van der Waals surface area (Å²) in [7, 11) is 3.17. The Balaban J connectivity index is 1.77. The van der Waals surface area contributed by atoms with Gasteiger partial charge >= 0.3 is 0 Å². The molecule has 8 nitrogen and oxygen atoms in total. The highest BCUT2D eigenvalue weighted by Crippen LogP contribution is 2.26. The van der Waals surface area contributed by atoms with Gasteiger partial charge in [0.2, 0.25) is 5.60 Å². The van der Waals surface area contributed by atoms with E-state index < -0.39 is 17.4 Å². The van der Waals surface area contributed by atoms with Crippen molar-refractivity contribution >= 4 is 22.7 Å². The van der Waals surface area contributed by atoms with E-state index in [1.807, 2.05) is 0 Å². The number of nitrogens with zero attached hydrogens (tertiary/aromatic N) is 3. The zero-order chi connectivity index (χ0) is 22.2. The molecule has 4 rings (SSSR count). The van der Waals surface area contributed by atoms with Gasteiger partial charge in [-0.3, -0.25) is 9.59 Å². The monoisotopic (exact) mass is 416 g/mol. The molecule has 0 radical (unpaired) electrons. The van der Waals surface area contributed by atoms with Crippen molar-refractivity contribution < 1.29 is 19.4 Å². The van der Waals surface area contributed by atoms with E-state index >= 15 is 0 Å². The lowest BCUT2D eigenvalue weighted by atomic mass is 10.0. The van der Waals surface area contributed by atoms with Gasteiger partial charge in [0.1, 0.15) is 11.4 Å². The zero-order valence-corrected chi connectivity index (χ0v) is 17.0. The minimum absolute atomic E-state index is 0.105. The molecule has 1 unspecified atom stereocenters. The topological polar surface area (TPSA) is 119 Å². The Hall–Kier alpha value is -3.96. The molecule has 156 valence electrons. The number of likely N-dealkylation sites (N-methyl/N-ethyl adjacent to an activating group) is 1. The van der Waals surface area contributed by atoms with Gasteiger partial charge in [0, 0.05) is 42.6 Å². The summed E-state index contributed by atoms with van der Waals surface area (Å²) in [5, 5.41) is 11.0. The molecule has 3 N–H and O–H groups in total. The standard InChI is InChI=1S/C23H20N4O4/c1-27-11-10-23(30,22(27)29)9-8-14-4-3-5-15(12-14)21-25-18-13-16(31-2)6-7-17(18)19(26-21)20(24)28/h3-7,12-13,30H,10-11H2,1-2H3,(H2,24,28). The fourth-order valence-electron chi connectivity index (χ4n) is 3.43. The molecule has 1 saturated heterocycles. The smallest absolute Gasteiger partial charge is 0.268 e. The Labute approximate surface area is 178 Å². The van der Waals surface area contributed by atoms with Crippen molar-refractivity contribution in [1.29, 1.82) is 0 Å². The highest BCUT2D eigenvalue weighted by atomic mass is 16.5. The summed E-state index contributed by atoms with van der Waals surface area (Å²) < 4.78 is 5.24. The van der Waals surface area contributed by atoms with Crippen molar-refractivity contribution in [2.24, 2.45) is 5.73 Å². The number of carbonyl (C=O) groups excluding carboxylic acids is 2. The van der Waals surface area contributed by atoms with Crippen molar-refractivity contribution in [3.63, 3.8) is 0 Å². The van der Waals surface area contributed by atoms with E-state index in [-0.39, 0.29) is 12.1 Å². The van der Waals surface area contributed by atoms with Gasteiger partial charge in [-0.1, -0.05) is 24.0 Å². The molecule has 1 aliphatic heterocycles. The van der Waals surface area contributed by atoms with E-state index in [9.17, 15) is 14.7 Å². The molecule has 0 bridgehead atoms. The maximum atomic E-state index is 12.1. The Morgan fingerprint density at radius 2 is 2.06 bits per heavy atom. The van der Waals surface area contributed by atoms with E-state index in [4.69, 9.17) is 10.5 Å². The second kappa shape index (κ2) is 7.70. The Bertz CT molecular complexity index is 1280. The van der Waals surface area contributed by atoms with Crippen molar-refractivity contribution in [3.8, 4) is 29.0 Å². The number of ether oxygens (including phenoxy) is 1. The maximum absolute atomic E-state index is 12.1. The highest BCUT2D eigenvalue weighted by Gasteiger charge is 2.42. The average molecular weight is 416 g/mol. The Morgan fingerprint density at radius 1 is 1.26 bits per heavy atom. The van der Waals surface area contributed by atoms with Gasteiger partial charge in [-0.2, -0.15) is 0 Å². The molecule has 1 atom stereocenters. The van der Waals surface area contributed by atoms with Crippen molar-refractivity contribution in [1.82, 2.24) is 14.9 Å². The second-order valence-corrected chi connectivity index (χ2v) is 7.31. The van der Waals surface area contributed by atoms with Crippen LogP contribution in [-0.2, 0) is 4.79 Å². The number of aliphatic hydroxyl groups is 1. The number of hydrogen-bond acceptors (Lipinski definition) is 6. The van der Waals surface area contributed by atoms with E-state index in [1.165, 1.54) is 4.90 Å². The third kappa shape index (κ3) is 3.79. The Morgan fingerprint density at radius 3 is 2.74 bits per heavy atom. The number of rotatable bonds is 3. The molecule has 31 heavy (non-hydrogen) atoms. The van der Waals surface area contributed by atoms with Crippen LogP contribution in [0.25, 0.3) is 22.3 Å². The van der Waals surface area contributed by atoms with Crippen molar-refractivity contribution in [2.45, 2.75) is 12.0 Å². The van der Waals surface area contributed by atoms with Crippen LogP contribution in [0, 0.1) is 11.8 Å². The van der Waals surface area contributed by atoms with Crippen molar-refractivity contribution in [2.75, 3.05) is 20.7 Å². The predicted molar refractivity (Wildman–Crippen MR) is 114 cm³/mol. The van der Waals surface area contributed by atoms with Crippen LogP contribution in [0.3, 0.4) is 0 Å². The molecular formula is C23H20N4O4. The van der Waals surface area contributed by atoms with E-state index in [1.54, 1.807) is 56.6 Å². The molecule has 1 aliphatic rings. The zero-order valence-electron chi connectivity index (χ0n) is 17.0. The summed E-state index contributed by atoms with van der Waals surface area (Å²) in [6.45, 7) is 0.453. The van der Waals surface area contributed by atoms with E-state index in [0.29, 0.717) is 40.1 Å². The third-order valence-corrected chi connectivity index (χ3v) is 5.18. The number of carbonyl (C=O) groups is 2. The normalized spacial score (nSPS) is 18.0. The summed E-state index contributed by atoms with van der Waals surface area (Å²) in [6.07, 6.45) is 0.257. The fraction of sp³-hybridized carbons (Fsp3) is 0.217. The first-order chi connectivity index (χ1) is 14.8. The van der Waals surface area contributed by atoms with Gasteiger partial charge in [0.05, 0.1) is 12.6 Å². The number of fused-ring (bicyclic) bond motifs is 1. The fourth-order valence-corrected chi connectivity index (χ4v) is 3.43. The van der Waals surface area contributed by atoms with Crippen LogP contribution in [0.2, 0.25) is 0 Å². The highest BCUT2D eigenvalue weighted by molar-refractivity contribution is 6.04. The SMILES string of the molecule is COc1ccc2c(C(N)=O)nc(-c3cccc(C#CC4(O)CCN(C)C4=O)c3)nc2c1. The first kappa shape index (κ1) is 20.3. The molecule has 0 saturated carbocycles. The van der Waals surface area contributed by atoms with Gasteiger partial charge in [-0.05, 0) is 24.3 Å². The minimum atomic E-state index is -1.68. The number of methoxy groups -OCH3 is 1. The van der Waals surface area contributed by atoms with Crippen molar-refractivity contribution in [3.05, 3.63) is 53.7 Å². The number of primary amides is 1. The summed E-state index contributed by atoms with van der Waals surface area (Å²) in [5.41, 5.74) is 5.66. The summed E-state index contributed by atoms with van der Waals surface area (Å²) in [5.74, 6) is 5.37. The maximum Gasteiger partial charge on any atom is 0.268 e. The summed E-state index contributed by atoms with van der Waals surface area (Å²) >= 11 is 0. The largest absolute Gasteiger partial charge is 0.497 e. The molecule has 2 heterocycles. The molecule has 2 amide bonds. The summed E-state index contributed by atoms with van der Waals surface area (Å²) in [6, 6.07) is 12.1. The van der Waals surface area contributed by atoms with E-state index in [0.717, 1.165) is 0 Å². The van der Waals surface area contributed by atoms with Gasteiger partial charge < -0.3 is 20.5 Å². The minimum Gasteiger partial charge on any atom is -0.497 e. The summed E-state index contributed by atoms with van der Waals surface area (Å²) in [4.78, 5) is 34.5. The van der Waals surface area contributed by atoms with Crippen LogP contribution >= 0.6 is 0 Å². The number of likely N-dealkylation sites (tertiary alicyclic amines) is 1. The van der Waals surface area contributed by atoms with Crippen LogP contribution < -0.4 is 10.5 Å². The lowest BCUT2D eigenvalue weighted by Gasteiger charge is -2.13. The number of aromatic nitrogens is 2. The quantitative estimate of drug-likeness (QED) is 0.622. The Kier molecular flexibility index (Phi) is 5.05. The number of hydrogen-bond donors (Lipinski definition) is 2. The average Bonchev–Trinajstić information content (AvgIpc) is 3.04. The van der Waals surface area contributed by atoms with Gasteiger partial charge in [-0.15, -0.1) is 0 Å². The molecule has 0 spiro atoms. The molecule has 1 fully saturated rings. The van der Waals surface area contributed by atoms with Crippen LogP contribution in [0.1, 0.15) is 22.5 Å². The lowest BCUT2D eigenvalue weighted by Crippen LogP contribution is -2.37. The lowest BCUT2D eigenvalue weighted by molar-refractivity contribution is -0.137. The molecule has 0 aliphatic carbocycles. The third-order valence-electron chi connectivity index (χ3n) is 5.18. The van der Waals surface area contributed by atoms with Gasteiger partial charge in [-0.25, -0.2) is 9.97 Å². The van der Waals surface area contributed by atoms with Gasteiger partial charge in [0.15, 0.2) is 5.82 Å². The molecular weight excluding hydrogens is 396 g/mol. The predicted octanol–water partition coefficient (Wildman–Crippen LogP) is 1.35. The molecule has 3 aromatic rings. The van der Waals surface area contributed by atoms with Gasteiger partial charge in [0.25, 0.3) is 11.8 Å². The first-order valence-electron chi connectivity index (χ1n) is 9.58. The van der Waals surface area contributed by atoms with Crippen LogP contribution in [0.15, 0.2) is 42.5 Å². The molecule has 2 aromatic carbocycles. The number of amides is 2. The number of benzene rings is 2. The van der Waals surface area contributed by atoms with Crippen LogP contribution in [0.4, 0.5) is 0 Å². The molecule has 1 aromatic heterocycles. The van der Waals surface area contributed by atoms with Crippen LogP contribution in [0.5, 0.6) is 5.75 Å². The van der Waals surface area contributed by atoms with E-state index in [2.05, 4.69) is 21.8 Å². The first-order valence-corrected chi connectivity index (χ1v) is 9.58. The number of nitrogens with two attached hydrogens (primary N) is 1. The second-order valence-electron chi connectivity index (χ2n) is 7.31. The van der Waals surface area contributed by atoms with Crippen LogP contribution in [-0.4, -0.2) is 58.1 Å².